The van der Waals surface area contributed by atoms with E-state index in [-0.39, 0.29) is 11.6 Å². The van der Waals surface area contributed by atoms with Gasteiger partial charge < -0.3 is 14.7 Å². The van der Waals surface area contributed by atoms with E-state index >= 15 is 0 Å². The van der Waals surface area contributed by atoms with Crippen LogP contribution < -0.4 is 10.6 Å². The van der Waals surface area contributed by atoms with Crippen LogP contribution >= 0.6 is 0 Å². The fraction of sp³-hybridized carbons (Fsp3) is 0.100. The van der Waals surface area contributed by atoms with E-state index in [0.717, 1.165) is 43.6 Å². The average molecular weight is 338 g/mol. The van der Waals surface area contributed by atoms with E-state index in [4.69, 9.17) is 4.74 Å². The molecule has 0 saturated heterocycles. The van der Waals surface area contributed by atoms with Crippen molar-refractivity contribution in [2.45, 2.75) is 6.92 Å². The highest BCUT2D eigenvalue weighted by Crippen LogP contribution is 2.23. The van der Waals surface area contributed by atoms with Gasteiger partial charge in [-0.05, 0) is 49.4 Å². The molecule has 0 radical (unpaired) electrons. The molecule has 2 aromatic heterocycles. The zero-order valence-electron chi connectivity index (χ0n) is 13.8. The van der Waals surface area contributed by atoms with E-state index in [0.29, 0.717) is 0 Å². The van der Waals surface area contributed by atoms with Crippen LogP contribution in [0.2, 0.25) is 0 Å². The zero-order chi connectivity index (χ0) is 17.6. The lowest BCUT2D eigenvalue weighted by Crippen LogP contribution is -2.23. The zero-order valence-corrected chi connectivity index (χ0v) is 13.8. The van der Waals surface area contributed by atoms with E-state index < -0.39 is 0 Å². The maximum Gasteiger partial charge on any atom is 0.123 e. The first-order chi connectivity index (χ1) is 12.1. The van der Waals surface area contributed by atoms with Crippen molar-refractivity contribution < 1.29 is 13.5 Å². The molecule has 0 aliphatic rings. The minimum absolute atomic E-state index is 0.296. The summed E-state index contributed by atoms with van der Waals surface area (Å²) in [4.78, 5) is 6.47. The maximum atomic E-state index is 13.8. The Balaban J connectivity index is 2.13. The molecule has 25 heavy (non-hydrogen) atoms. The van der Waals surface area contributed by atoms with Gasteiger partial charge in [-0.1, -0.05) is 0 Å². The van der Waals surface area contributed by atoms with Gasteiger partial charge in [0.25, 0.3) is 0 Å². The minimum Gasteiger partial charge on any atom is -0.502 e. The van der Waals surface area contributed by atoms with Crippen LogP contribution in [0.3, 0.4) is 0 Å². The van der Waals surface area contributed by atoms with Gasteiger partial charge in [-0.3, -0.25) is 0 Å². The Morgan fingerprint density at radius 3 is 2.24 bits per heavy atom. The van der Waals surface area contributed by atoms with E-state index in [1.807, 2.05) is 13.0 Å². The number of fused-ring (bicyclic) bond motifs is 2. The largest absolute Gasteiger partial charge is 0.502 e. The Hall–Kier alpha value is -3.08. The lowest BCUT2D eigenvalue weighted by atomic mass is 10.1. The van der Waals surface area contributed by atoms with Crippen LogP contribution in [0.4, 0.5) is 8.78 Å². The number of halogens is 2. The molecular formula is C20H16F2N2O. The Kier molecular flexibility index (Phi) is 3.57. The molecule has 3 nitrogen and oxygen atoms in total. The molecule has 0 unspecified atom stereocenters. The topological polar surface area (TPSA) is 40.8 Å². The highest BCUT2D eigenvalue weighted by atomic mass is 19.1. The van der Waals surface area contributed by atoms with E-state index in [9.17, 15) is 8.78 Å². The molecule has 4 aromatic rings. The molecule has 126 valence electrons. The van der Waals surface area contributed by atoms with E-state index in [2.05, 4.69) is 9.97 Å². The van der Waals surface area contributed by atoms with Crippen molar-refractivity contribution in [1.29, 1.82) is 0 Å². The first-order valence-corrected chi connectivity index (χ1v) is 7.86. The number of hydrogen-bond acceptors (Lipinski definition) is 1. The fourth-order valence-electron chi connectivity index (χ4n) is 3.22. The normalized spacial score (nSPS) is 13.3. The van der Waals surface area contributed by atoms with Crippen molar-refractivity contribution in [2.75, 3.05) is 7.11 Å². The number of aromatic amines is 2. The second-order valence-corrected chi connectivity index (χ2v) is 5.99. The number of aryl methyl sites for hydroxylation is 1. The SMILES string of the molecule is CO/C=c1\[nH]c2ccc(F)cc2\c1=C\c1c(C)[nH]c2ccc(F)cc12. The van der Waals surface area contributed by atoms with Crippen molar-refractivity contribution in [1.82, 2.24) is 9.97 Å². The van der Waals surface area contributed by atoms with Gasteiger partial charge in [0.1, 0.15) is 17.9 Å². The summed E-state index contributed by atoms with van der Waals surface area (Å²) in [5.74, 6) is -0.610. The summed E-state index contributed by atoms with van der Waals surface area (Å²) in [5.41, 5.74) is 3.44. The van der Waals surface area contributed by atoms with Crippen molar-refractivity contribution in [3.63, 3.8) is 0 Å². The Morgan fingerprint density at radius 1 is 0.920 bits per heavy atom. The molecule has 0 fully saturated rings. The molecule has 0 spiro atoms. The summed E-state index contributed by atoms with van der Waals surface area (Å²) in [5, 5.41) is 3.05. The molecule has 0 aliphatic heterocycles. The van der Waals surface area contributed by atoms with Gasteiger partial charge in [-0.25, -0.2) is 8.78 Å². The van der Waals surface area contributed by atoms with Gasteiger partial charge in [0.05, 0.1) is 12.5 Å². The third-order valence-corrected chi connectivity index (χ3v) is 4.35. The third kappa shape index (κ3) is 2.58. The molecule has 2 aromatic carbocycles. The van der Waals surface area contributed by atoms with Crippen LogP contribution in [0.5, 0.6) is 0 Å². The highest BCUT2D eigenvalue weighted by Gasteiger charge is 2.09. The average Bonchev–Trinajstić information content (AvgIpc) is 3.06. The van der Waals surface area contributed by atoms with Gasteiger partial charge in [0.2, 0.25) is 0 Å². The lowest BCUT2D eigenvalue weighted by molar-refractivity contribution is 0.390. The van der Waals surface area contributed by atoms with Crippen LogP contribution in [0.1, 0.15) is 11.3 Å². The number of rotatable bonds is 2. The summed E-state index contributed by atoms with van der Waals surface area (Å²) in [6.45, 7) is 1.93. The highest BCUT2D eigenvalue weighted by molar-refractivity contribution is 5.92. The number of H-pyrrole nitrogens is 2. The molecule has 2 N–H and O–H groups in total. The van der Waals surface area contributed by atoms with E-state index in [1.54, 1.807) is 25.5 Å². The van der Waals surface area contributed by atoms with Crippen molar-refractivity contribution in [3.8, 4) is 0 Å². The number of ether oxygens (including phenoxy) is 1. The fourth-order valence-corrected chi connectivity index (χ4v) is 3.22. The molecule has 2 heterocycles. The number of benzene rings is 2. The van der Waals surface area contributed by atoms with Crippen molar-refractivity contribution in [2.24, 2.45) is 0 Å². The molecule has 0 atom stereocenters. The molecule has 0 bridgehead atoms. The summed E-state index contributed by atoms with van der Waals surface area (Å²) >= 11 is 0. The predicted molar refractivity (Wildman–Crippen MR) is 95.5 cm³/mol. The molecule has 0 amide bonds. The Bertz CT molecular complexity index is 1220. The van der Waals surface area contributed by atoms with Crippen LogP contribution in [0.25, 0.3) is 34.1 Å². The predicted octanol–water partition coefficient (Wildman–Crippen LogP) is 3.45. The van der Waals surface area contributed by atoms with Crippen LogP contribution in [0, 0.1) is 18.6 Å². The number of aromatic nitrogens is 2. The maximum absolute atomic E-state index is 13.8. The van der Waals surface area contributed by atoms with Gasteiger partial charge in [-0.2, -0.15) is 0 Å². The monoisotopic (exact) mass is 338 g/mol. The summed E-state index contributed by atoms with van der Waals surface area (Å²) in [6.07, 6.45) is 3.51. The molecule has 0 saturated carbocycles. The minimum atomic E-state index is -0.313. The van der Waals surface area contributed by atoms with Crippen LogP contribution in [0.15, 0.2) is 36.4 Å². The molecular weight excluding hydrogens is 322 g/mol. The molecule has 0 aliphatic carbocycles. The lowest BCUT2D eigenvalue weighted by Gasteiger charge is -1.95. The quantitative estimate of drug-likeness (QED) is 0.577. The second kappa shape index (κ2) is 5.77. The Labute approximate surface area is 142 Å². The van der Waals surface area contributed by atoms with Gasteiger partial charge in [0, 0.05) is 38.3 Å². The van der Waals surface area contributed by atoms with Crippen molar-refractivity contribution in [3.05, 3.63) is 69.9 Å². The first-order valence-electron chi connectivity index (χ1n) is 7.86. The van der Waals surface area contributed by atoms with Crippen molar-refractivity contribution >= 4 is 34.1 Å². The summed E-state index contributed by atoms with van der Waals surface area (Å²) in [6, 6.07) is 9.22. The summed E-state index contributed by atoms with van der Waals surface area (Å²) in [7, 11) is 1.56. The van der Waals surface area contributed by atoms with E-state index in [1.165, 1.54) is 24.3 Å². The van der Waals surface area contributed by atoms with Gasteiger partial charge in [-0.15, -0.1) is 0 Å². The number of hydrogen-bond donors (Lipinski definition) is 2. The molecule has 4 rings (SSSR count). The Morgan fingerprint density at radius 2 is 1.56 bits per heavy atom. The van der Waals surface area contributed by atoms with Crippen LogP contribution in [-0.2, 0) is 4.74 Å². The number of methoxy groups -OCH3 is 1. The second-order valence-electron chi connectivity index (χ2n) is 5.99. The first kappa shape index (κ1) is 15.4. The smallest absolute Gasteiger partial charge is 0.123 e. The summed E-state index contributed by atoms with van der Waals surface area (Å²) < 4.78 is 32.6. The molecule has 5 heteroatoms. The standard InChI is InChI=1S/C20H16F2N2O/c1-11-14(15-7-12(21)3-5-18(15)23-11)9-17-16-8-13(22)4-6-19(16)24-20(17)10-25-2/h3-10,23-24H,1-2H3/b17-9-,20-10-. The van der Waals surface area contributed by atoms with Gasteiger partial charge >= 0.3 is 0 Å². The third-order valence-electron chi connectivity index (χ3n) is 4.35. The van der Waals surface area contributed by atoms with Gasteiger partial charge in [0.15, 0.2) is 0 Å². The number of nitrogens with one attached hydrogen (secondary N) is 2. The van der Waals surface area contributed by atoms with Crippen LogP contribution in [-0.4, -0.2) is 17.1 Å².